The van der Waals surface area contributed by atoms with Crippen LogP contribution in [0.4, 0.5) is 0 Å². The van der Waals surface area contributed by atoms with Gasteiger partial charge in [-0.25, -0.2) is 0 Å². The van der Waals surface area contributed by atoms with Gasteiger partial charge >= 0.3 is 0 Å². The van der Waals surface area contributed by atoms with Crippen molar-refractivity contribution in [2.75, 3.05) is 0 Å². The summed E-state index contributed by atoms with van der Waals surface area (Å²) in [5.41, 5.74) is 4.73. The van der Waals surface area contributed by atoms with E-state index >= 15 is 0 Å². The van der Waals surface area contributed by atoms with Crippen molar-refractivity contribution >= 4 is 5.71 Å². The van der Waals surface area contributed by atoms with Gasteiger partial charge in [0.1, 0.15) is 0 Å². The highest BCUT2D eigenvalue weighted by Crippen LogP contribution is 2.36. The molecule has 0 bridgehead atoms. The summed E-state index contributed by atoms with van der Waals surface area (Å²) in [6.07, 6.45) is 1.71. The maximum Gasteiger partial charge on any atom is 0.0692 e. The molecule has 1 unspecified atom stereocenters. The highest BCUT2D eigenvalue weighted by atomic mass is 16.4. The summed E-state index contributed by atoms with van der Waals surface area (Å²) in [5, 5.41) is 12.8. The Hall–Kier alpha value is -2.09. The van der Waals surface area contributed by atoms with Crippen molar-refractivity contribution in [3.05, 3.63) is 71.3 Å². The van der Waals surface area contributed by atoms with Gasteiger partial charge in [0.15, 0.2) is 0 Å². The molecule has 0 aromatic heterocycles. The summed E-state index contributed by atoms with van der Waals surface area (Å²) < 4.78 is 0. The Morgan fingerprint density at radius 3 is 2.50 bits per heavy atom. The SMILES string of the molecule is O/N=C(\Cc1ccccc1)C1Cc2ccccc21. The van der Waals surface area contributed by atoms with Crippen molar-refractivity contribution in [1.29, 1.82) is 0 Å². The van der Waals surface area contributed by atoms with Crippen LogP contribution in [0, 0.1) is 0 Å². The summed E-state index contributed by atoms with van der Waals surface area (Å²) in [6, 6.07) is 18.5. The van der Waals surface area contributed by atoms with E-state index in [2.05, 4.69) is 35.5 Å². The van der Waals surface area contributed by atoms with Crippen molar-refractivity contribution in [1.82, 2.24) is 0 Å². The minimum Gasteiger partial charge on any atom is -0.411 e. The van der Waals surface area contributed by atoms with Gasteiger partial charge in [0.05, 0.1) is 5.71 Å². The molecule has 0 fully saturated rings. The van der Waals surface area contributed by atoms with Crippen LogP contribution >= 0.6 is 0 Å². The topological polar surface area (TPSA) is 32.6 Å². The third kappa shape index (κ3) is 1.90. The van der Waals surface area contributed by atoms with E-state index in [1.54, 1.807) is 0 Å². The molecular weight excluding hydrogens is 222 g/mol. The lowest BCUT2D eigenvalue weighted by Gasteiger charge is -2.30. The number of oxime groups is 1. The van der Waals surface area contributed by atoms with Crippen molar-refractivity contribution in [3.63, 3.8) is 0 Å². The highest BCUT2D eigenvalue weighted by molar-refractivity contribution is 5.94. The van der Waals surface area contributed by atoms with Crippen molar-refractivity contribution in [2.45, 2.75) is 18.8 Å². The Balaban J connectivity index is 1.80. The van der Waals surface area contributed by atoms with Gasteiger partial charge in [-0.2, -0.15) is 0 Å². The number of benzene rings is 2. The van der Waals surface area contributed by atoms with Gasteiger partial charge in [-0.3, -0.25) is 0 Å². The van der Waals surface area contributed by atoms with Crippen LogP contribution in [0.15, 0.2) is 59.8 Å². The molecule has 2 aromatic carbocycles. The second kappa shape index (κ2) is 4.65. The number of nitrogens with zero attached hydrogens (tertiary/aromatic N) is 1. The Morgan fingerprint density at radius 2 is 1.78 bits per heavy atom. The number of fused-ring (bicyclic) bond motifs is 1. The van der Waals surface area contributed by atoms with E-state index < -0.39 is 0 Å². The third-order valence-electron chi connectivity index (χ3n) is 3.61. The number of hydrogen-bond acceptors (Lipinski definition) is 2. The summed E-state index contributed by atoms with van der Waals surface area (Å²) in [5.74, 6) is 0.284. The monoisotopic (exact) mass is 237 g/mol. The van der Waals surface area contributed by atoms with E-state index in [-0.39, 0.29) is 5.92 Å². The molecule has 1 N–H and O–H groups in total. The molecule has 1 aliphatic rings. The largest absolute Gasteiger partial charge is 0.411 e. The molecule has 90 valence electrons. The Morgan fingerprint density at radius 1 is 1.06 bits per heavy atom. The molecular formula is C16H15NO. The van der Waals surface area contributed by atoms with E-state index in [9.17, 15) is 5.21 Å². The van der Waals surface area contributed by atoms with Crippen LogP contribution in [-0.2, 0) is 12.8 Å². The molecule has 1 aliphatic carbocycles. The van der Waals surface area contributed by atoms with Gasteiger partial charge in [-0.1, -0.05) is 59.8 Å². The molecule has 1 atom stereocenters. The first-order valence-corrected chi connectivity index (χ1v) is 6.21. The molecule has 2 nitrogen and oxygen atoms in total. The fourth-order valence-electron chi connectivity index (χ4n) is 2.59. The van der Waals surface area contributed by atoms with E-state index in [1.807, 2.05) is 24.3 Å². The van der Waals surface area contributed by atoms with Crippen LogP contribution in [0.5, 0.6) is 0 Å². The van der Waals surface area contributed by atoms with Crippen LogP contribution in [0.3, 0.4) is 0 Å². The molecule has 0 radical (unpaired) electrons. The molecule has 0 spiro atoms. The molecule has 2 aromatic rings. The van der Waals surface area contributed by atoms with Gasteiger partial charge in [-0.05, 0) is 23.1 Å². The van der Waals surface area contributed by atoms with Crippen molar-refractivity contribution < 1.29 is 5.21 Å². The zero-order valence-corrected chi connectivity index (χ0v) is 10.1. The van der Waals surface area contributed by atoms with Gasteiger partial charge in [-0.15, -0.1) is 0 Å². The second-order valence-electron chi connectivity index (χ2n) is 4.71. The van der Waals surface area contributed by atoms with Crippen molar-refractivity contribution in [2.24, 2.45) is 5.16 Å². The lowest BCUT2D eigenvalue weighted by molar-refractivity contribution is 0.315. The summed E-state index contributed by atoms with van der Waals surface area (Å²) in [7, 11) is 0. The summed E-state index contributed by atoms with van der Waals surface area (Å²) >= 11 is 0. The third-order valence-corrected chi connectivity index (χ3v) is 3.61. The average molecular weight is 237 g/mol. The molecule has 3 rings (SSSR count). The average Bonchev–Trinajstić information content (AvgIpc) is 2.40. The Labute approximate surface area is 107 Å². The molecule has 0 saturated carbocycles. The predicted molar refractivity (Wildman–Crippen MR) is 72.3 cm³/mol. The van der Waals surface area contributed by atoms with Crippen LogP contribution in [0.2, 0.25) is 0 Å². The zero-order chi connectivity index (χ0) is 12.4. The van der Waals surface area contributed by atoms with Gasteiger partial charge in [0.2, 0.25) is 0 Å². The maximum absolute atomic E-state index is 9.24. The van der Waals surface area contributed by atoms with Crippen LogP contribution < -0.4 is 0 Å². The smallest absolute Gasteiger partial charge is 0.0692 e. The molecule has 0 amide bonds. The standard InChI is InChI=1S/C16H15NO/c18-17-16(10-12-6-2-1-3-7-12)15-11-13-8-4-5-9-14(13)15/h1-9,15,18H,10-11H2/b17-16+. The predicted octanol–water partition coefficient (Wildman–Crippen LogP) is 3.40. The summed E-state index contributed by atoms with van der Waals surface area (Å²) in [6.45, 7) is 0. The van der Waals surface area contributed by atoms with E-state index in [0.717, 1.165) is 18.6 Å². The molecule has 18 heavy (non-hydrogen) atoms. The van der Waals surface area contributed by atoms with Gasteiger partial charge in [0.25, 0.3) is 0 Å². The van der Waals surface area contributed by atoms with Gasteiger partial charge < -0.3 is 5.21 Å². The quantitative estimate of drug-likeness (QED) is 0.495. The number of rotatable bonds is 3. The van der Waals surface area contributed by atoms with E-state index in [1.165, 1.54) is 16.7 Å². The molecule has 2 heteroatoms. The maximum atomic E-state index is 9.24. The second-order valence-corrected chi connectivity index (χ2v) is 4.71. The normalized spacial score (nSPS) is 18.0. The molecule has 0 heterocycles. The van der Waals surface area contributed by atoms with Crippen molar-refractivity contribution in [3.8, 4) is 0 Å². The summed E-state index contributed by atoms with van der Waals surface area (Å²) in [4.78, 5) is 0. The van der Waals surface area contributed by atoms with E-state index in [4.69, 9.17) is 0 Å². The first-order chi connectivity index (χ1) is 8.88. The highest BCUT2D eigenvalue weighted by Gasteiger charge is 2.30. The zero-order valence-electron chi connectivity index (χ0n) is 10.1. The molecule has 0 saturated heterocycles. The van der Waals surface area contributed by atoms with E-state index in [0.29, 0.717) is 0 Å². The van der Waals surface area contributed by atoms with Crippen LogP contribution in [0.1, 0.15) is 22.6 Å². The van der Waals surface area contributed by atoms with Crippen LogP contribution in [-0.4, -0.2) is 10.9 Å². The fourth-order valence-corrected chi connectivity index (χ4v) is 2.59. The lowest BCUT2D eigenvalue weighted by atomic mass is 9.74. The lowest BCUT2D eigenvalue weighted by Crippen LogP contribution is -2.26. The minimum atomic E-state index is 0.284. The number of hydrogen-bond donors (Lipinski definition) is 1. The Bertz CT molecular complexity index is 575. The first kappa shape index (κ1) is 11.0. The Kier molecular flexibility index (Phi) is 2.85. The molecule has 0 aliphatic heterocycles. The minimum absolute atomic E-state index is 0.284. The van der Waals surface area contributed by atoms with Crippen LogP contribution in [0.25, 0.3) is 0 Å². The first-order valence-electron chi connectivity index (χ1n) is 6.21. The van der Waals surface area contributed by atoms with Gasteiger partial charge in [0, 0.05) is 12.3 Å². The fraction of sp³-hybridized carbons (Fsp3) is 0.188.